The molecule has 1 atom stereocenters. The summed E-state index contributed by atoms with van der Waals surface area (Å²) >= 11 is 0. The Hall–Kier alpha value is -2.52. The lowest BCUT2D eigenvalue weighted by atomic mass is 10.0. The van der Waals surface area contributed by atoms with Gasteiger partial charge in [0.05, 0.1) is 13.7 Å². The molecular weight excluding hydrogens is 310 g/mol. The van der Waals surface area contributed by atoms with Crippen LogP contribution in [0.2, 0.25) is 0 Å². The van der Waals surface area contributed by atoms with E-state index in [4.69, 9.17) is 9.47 Å². The quantitative estimate of drug-likeness (QED) is 0.652. The summed E-state index contributed by atoms with van der Waals surface area (Å²) in [6.07, 6.45) is 0. The topological polar surface area (TPSA) is 30.5 Å². The molecule has 0 spiro atoms. The molecule has 3 rings (SSSR count). The molecule has 0 saturated carbocycles. The predicted octanol–water partition coefficient (Wildman–Crippen LogP) is 5.10. The standard InChI is InChI=1S/C22H25NO2/c1-4-25-22-13-17(9-12-21(22)24-3)15-23-16(2)19-11-10-18-7-5-6-8-20(18)14-19/h5-14,16,23H,4,15H2,1-3H3. The average molecular weight is 335 g/mol. The molecule has 3 aromatic carbocycles. The molecule has 0 amide bonds. The van der Waals surface area contributed by atoms with Gasteiger partial charge in [0.2, 0.25) is 0 Å². The Labute approximate surface area is 149 Å². The summed E-state index contributed by atoms with van der Waals surface area (Å²) in [5.74, 6) is 1.57. The Morgan fingerprint density at radius 3 is 2.48 bits per heavy atom. The number of fused-ring (bicyclic) bond motifs is 1. The van der Waals surface area contributed by atoms with Crippen LogP contribution in [0.1, 0.15) is 31.0 Å². The highest BCUT2D eigenvalue weighted by molar-refractivity contribution is 5.83. The molecule has 25 heavy (non-hydrogen) atoms. The van der Waals surface area contributed by atoms with Gasteiger partial charge < -0.3 is 14.8 Å². The summed E-state index contributed by atoms with van der Waals surface area (Å²) in [5.41, 5.74) is 2.47. The van der Waals surface area contributed by atoms with Gasteiger partial charge in [0.1, 0.15) is 0 Å². The summed E-state index contributed by atoms with van der Waals surface area (Å²) in [6.45, 7) is 5.57. The number of benzene rings is 3. The minimum Gasteiger partial charge on any atom is -0.493 e. The van der Waals surface area contributed by atoms with E-state index in [1.807, 2.05) is 19.1 Å². The van der Waals surface area contributed by atoms with Gasteiger partial charge in [-0.2, -0.15) is 0 Å². The molecule has 1 N–H and O–H groups in total. The van der Waals surface area contributed by atoms with E-state index in [1.54, 1.807) is 7.11 Å². The Bertz CT molecular complexity index is 844. The fraction of sp³-hybridized carbons (Fsp3) is 0.273. The molecule has 3 heteroatoms. The van der Waals surface area contributed by atoms with Crippen molar-refractivity contribution in [2.24, 2.45) is 0 Å². The first-order valence-electron chi connectivity index (χ1n) is 8.73. The van der Waals surface area contributed by atoms with Crippen LogP contribution in [0.4, 0.5) is 0 Å². The van der Waals surface area contributed by atoms with Crippen LogP contribution in [0.5, 0.6) is 11.5 Å². The third kappa shape index (κ3) is 4.12. The molecule has 130 valence electrons. The van der Waals surface area contributed by atoms with E-state index in [1.165, 1.54) is 21.9 Å². The molecule has 0 fully saturated rings. The number of methoxy groups -OCH3 is 1. The first-order valence-corrected chi connectivity index (χ1v) is 8.73. The van der Waals surface area contributed by atoms with Crippen molar-refractivity contribution in [1.29, 1.82) is 0 Å². The van der Waals surface area contributed by atoms with Gasteiger partial charge in [-0.3, -0.25) is 0 Å². The molecule has 0 aliphatic carbocycles. The zero-order valence-corrected chi connectivity index (χ0v) is 15.1. The van der Waals surface area contributed by atoms with E-state index >= 15 is 0 Å². The molecule has 0 bridgehead atoms. The van der Waals surface area contributed by atoms with E-state index < -0.39 is 0 Å². The van der Waals surface area contributed by atoms with Crippen molar-refractivity contribution in [3.05, 3.63) is 71.8 Å². The summed E-state index contributed by atoms with van der Waals surface area (Å²) in [6, 6.07) is 21.4. The van der Waals surface area contributed by atoms with E-state index in [0.717, 1.165) is 18.0 Å². The van der Waals surface area contributed by atoms with E-state index in [9.17, 15) is 0 Å². The van der Waals surface area contributed by atoms with Gasteiger partial charge >= 0.3 is 0 Å². The second kappa shape index (κ2) is 8.04. The number of nitrogens with one attached hydrogen (secondary N) is 1. The molecule has 3 nitrogen and oxygen atoms in total. The highest BCUT2D eigenvalue weighted by Crippen LogP contribution is 2.28. The van der Waals surface area contributed by atoms with Crippen molar-refractivity contribution in [2.75, 3.05) is 13.7 Å². The summed E-state index contributed by atoms with van der Waals surface area (Å²) in [7, 11) is 1.66. The van der Waals surface area contributed by atoms with E-state index in [0.29, 0.717) is 6.61 Å². The first kappa shape index (κ1) is 17.3. The van der Waals surface area contributed by atoms with Crippen molar-refractivity contribution in [2.45, 2.75) is 26.4 Å². The second-order valence-corrected chi connectivity index (χ2v) is 6.13. The predicted molar refractivity (Wildman–Crippen MR) is 103 cm³/mol. The van der Waals surface area contributed by atoms with Crippen LogP contribution in [-0.4, -0.2) is 13.7 Å². The fourth-order valence-corrected chi connectivity index (χ4v) is 2.97. The maximum Gasteiger partial charge on any atom is 0.161 e. The third-order valence-corrected chi connectivity index (χ3v) is 4.41. The Morgan fingerprint density at radius 1 is 0.920 bits per heavy atom. The first-order chi connectivity index (χ1) is 12.2. The van der Waals surface area contributed by atoms with Crippen LogP contribution in [0, 0.1) is 0 Å². The summed E-state index contributed by atoms with van der Waals surface area (Å²) in [4.78, 5) is 0. The second-order valence-electron chi connectivity index (χ2n) is 6.13. The van der Waals surface area contributed by atoms with Crippen molar-refractivity contribution in [1.82, 2.24) is 5.32 Å². The van der Waals surface area contributed by atoms with Gasteiger partial charge in [-0.15, -0.1) is 0 Å². The highest BCUT2D eigenvalue weighted by atomic mass is 16.5. The average Bonchev–Trinajstić information content (AvgIpc) is 2.66. The molecule has 0 aliphatic heterocycles. The Balaban J connectivity index is 1.70. The number of hydrogen-bond acceptors (Lipinski definition) is 3. The number of rotatable bonds is 7. The molecule has 0 aromatic heterocycles. The summed E-state index contributed by atoms with van der Waals surface area (Å²) < 4.78 is 11.0. The van der Waals surface area contributed by atoms with Crippen LogP contribution in [0.15, 0.2) is 60.7 Å². The van der Waals surface area contributed by atoms with Gasteiger partial charge in [0.15, 0.2) is 11.5 Å². The number of ether oxygens (including phenoxy) is 2. The van der Waals surface area contributed by atoms with Crippen LogP contribution >= 0.6 is 0 Å². The summed E-state index contributed by atoms with van der Waals surface area (Å²) in [5, 5.41) is 6.14. The normalized spacial score (nSPS) is 12.1. The van der Waals surface area contributed by atoms with Crippen LogP contribution in [0.25, 0.3) is 10.8 Å². The molecule has 0 heterocycles. The lowest BCUT2D eigenvalue weighted by Gasteiger charge is -2.16. The van der Waals surface area contributed by atoms with Crippen molar-refractivity contribution < 1.29 is 9.47 Å². The van der Waals surface area contributed by atoms with Gasteiger partial charge in [0, 0.05) is 12.6 Å². The zero-order chi connectivity index (χ0) is 17.6. The monoisotopic (exact) mass is 335 g/mol. The lowest BCUT2D eigenvalue weighted by molar-refractivity contribution is 0.310. The lowest BCUT2D eigenvalue weighted by Crippen LogP contribution is -2.18. The molecule has 0 aliphatic rings. The molecule has 1 unspecified atom stereocenters. The van der Waals surface area contributed by atoms with Gasteiger partial charge in [-0.25, -0.2) is 0 Å². The largest absolute Gasteiger partial charge is 0.493 e. The van der Waals surface area contributed by atoms with Crippen LogP contribution in [0.3, 0.4) is 0 Å². The van der Waals surface area contributed by atoms with Crippen LogP contribution < -0.4 is 14.8 Å². The van der Waals surface area contributed by atoms with E-state index in [-0.39, 0.29) is 6.04 Å². The van der Waals surface area contributed by atoms with E-state index in [2.05, 4.69) is 60.8 Å². The maximum atomic E-state index is 5.66. The minimum absolute atomic E-state index is 0.266. The number of hydrogen-bond donors (Lipinski definition) is 1. The molecule has 3 aromatic rings. The fourth-order valence-electron chi connectivity index (χ4n) is 2.97. The van der Waals surface area contributed by atoms with Crippen LogP contribution in [-0.2, 0) is 6.54 Å². The van der Waals surface area contributed by atoms with Gasteiger partial charge in [-0.05, 0) is 53.9 Å². The third-order valence-electron chi connectivity index (χ3n) is 4.41. The van der Waals surface area contributed by atoms with Crippen molar-refractivity contribution in [3.8, 4) is 11.5 Å². The Kier molecular flexibility index (Phi) is 5.56. The highest BCUT2D eigenvalue weighted by Gasteiger charge is 2.08. The Morgan fingerprint density at radius 2 is 1.72 bits per heavy atom. The molecule has 0 radical (unpaired) electrons. The van der Waals surface area contributed by atoms with Gasteiger partial charge in [-0.1, -0.05) is 42.5 Å². The van der Waals surface area contributed by atoms with Gasteiger partial charge in [0.25, 0.3) is 0 Å². The molecular formula is C22H25NO2. The smallest absolute Gasteiger partial charge is 0.161 e. The minimum atomic E-state index is 0.266. The SMILES string of the molecule is CCOc1cc(CNC(C)c2ccc3ccccc3c2)ccc1OC. The maximum absolute atomic E-state index is 5.66. The zero-order valence-electron chi connectivity index (χ0n) is 15.1. The molecule has 0 saturated heterocycles. The van der Waals surface area contributed by atoms with Crippen molar-refractivity contribution >= 4 is 10.8 Å². The van der Waals surface area contributed by atoms with Crippen molar-refractivity contribution in [3.63, 3.8) is 0 Å².